The average Bonchev–Trinajstić information content (AvgIpc) is 3.08. The Bertz CT molecular complexity index is 706. The lowest BCUT2D eigenvalue weighted by molar-refractivity contribution is -0.121. The van der Waals surface area contributed by atoms with Crippen LogP contribution in [-0.4, -0.2) is 12.5 Å². The summed E-state index contributed by atoms with van der Waals surface area (Å²) < 4.78 is 19.7. The van der Waals surface area contributed by atoms with Crippen molar-refractivity contribution >= 4 is 11.6 Å². The third-order valence-corrected chi connectivity index (χ3v) is 4.70. The second-order valence-electron chi connectivity index (χ2n) is 6.18. The summed E-state index contributed by atoms with van der Waals surface area (Å²) in [4.78, 5) is 13.0. The summed E-state index contributed by atoms with van der Waals surface area (Å²) in [5.41, 5.74) is 0.432. The highest BCUT2D eigenvalue weighted by Crippen LogP contribution is 2.43. The van der Waals surface area contributed by atoms with Crippen LogP contribution < -0.4 is 10.1 Å². The highest BCUT2D eigenvalue weighted by molar-refractivity contribution is 5.99. The van der Waals surface area contributed by atoms with Gasteiger partial charge in [0.1, 0.15) is 11.6 Å². The predicted molar refractivity (Wildman–Crippen MR) is 92.8 cm³/mol. The van der Waals surface area contributed by atoms with Gasteiger partial charge < -0.3 is 10.1 Å². The lowest BCUT2D eigenvalue weighted by Gasteiger charge is -2.28. The fourth-order valence-corrected chi connectivity index (χ4v) is 3.50. The molecular weight excluding hydrogens is 305 g/mol. The Balaban J connectivity index is 1.84. The molecule has 3 nitrogen and oxygen atoms in total. The summed E-state index contributed by atoms with van der Waals surface area (Å²) in [5.74, 6) is 0.329. The topological polar surface area (TPSA) is 38.3 Å². The molecule has 2 aromatic carbocycles. The molecule has 0 radical (unpaired) electrons. The minimum Gasteiger partial charge on any atom is -0.494 e. The summed E-state index contributed by atoms with van der Waals surface area (Å²) in [6, 6.07) is 13.9. The first-order chi connectivity index (χ1) is 11.7. The third-order valence-electron chi connectivity index (χ3n) is 4.70. The van der Waals surface area contributed by atoms with Gasteiger partial charge in [0.2, 0.25) is 5.91 Å². The van der Waals surface area contributed by atoms with E-state index >= 15 is 0 Å². The predicted octanol–water partition coefficient (Wildman–Crippen LogP) is 4.67. The summed E-state index contributed by atoms with van der Waals surface area (Å²) in [6.07, 6.45) is 3.23. The molecule has 1 N–H and O–H groups in total. The molecule has 24 heavy (non-hydrogen) atoms. The normalized spacial score (nSPS) is 15.9. The van der Waals surface area contributed by atoms with E-state index in [0.29, 0.717) is 30.7 Å². The van der Waals surface area contributed by atoms with Crippen LogP contribution in [0, 0.1) is 5.82 Å². The van der Waals surface area contributed by atoms with E-state index in [4.69, 9.17) is 4.74 Å². The Hall–Kier alpha value is -2.36. The van der Waals surface area contributed by atoms with Crippen LogP contribution in [0.4, 0.5) is 10.1 Å². The van der Waals surface area contributed by atoms with Crippen LogP contribution in [0.2, 0.25) is 0 Å². The molecule has 1 saturated carbocycles. The fourth-order valence-electron chi connectivity index (χ4n) is 3.50. The first-order valence-electron chi connectivity index (χ1n) is 8.45. The quantitative estimate of drug-likeness (QED) is 0.866. The zero-order valence-electron chi connectivity index (χ0n) is 13.8. The van der Waals surface area contributed by atoms with E-state index in [2.05, 4.69) is 5.32 Å². The molecule has 0 aromatic heterocycles. The number of nitrogens with one attached hydrogen (secondary N) is 1. The number of ether oxygens (including phenoxy) is 1. The van der Waals surface area contributed by atoms with Crippen LogP contribution in [0.3, 0.4) is 0 Å². The SMILES string of the molecule is CCOc1ccc(NC(=O)C2(c3ccccc3F)CCCC2)cc1. The van der Waals surface area contributed by atoms with E-state index in [1.54, 1.807) is 18.2 Å². The molecule has 1 amide bonds. The smallest absolute Gasteiger partial charge is 0.235 e. The number of hydrogen-bond donors (Lipinski definition) is 1. The van der Waals surface area contributed by atoms with Gasteiger partial charge in [-0.15, -0.1) is 0 Å². The zero-order valence-corrected chi connectivity index (χ0v) is 13.8. The van der Waals surface area contributed by atoms with Crippen molar-refractivity contribution in [3.63, 3.8) is 0 Å². The molecule has 0 bridgehead atoms. The maximum absolute atomic E-state index is 14.3. The maximum atomic E-state index is 14.3. The van der Waals surface area contributed by atoms with Gasteiger partial charge in [0.05, 0.1) is 12.0 Å². The van der Waals surface area contributed by atoms with E-state index < -0.39 is 5.41 Å². The number of hydrogen-bond acceptors (Lipinski definition) is 2. The van der Waals surface area contributed by atoms with Crippen LogP contribution in [-0.2, 0) is 10.2 Å². The zero-order chi connectivity index (χ0) is 17.0. The van der Waals surface area contributed by atoms with Crippen molar-refractivity contribution in [3.8, 4) is 5.75 Å². The Labute approximate surface area is 141 Å². The molecule has 0 atom stereocenters. The van der Waals surface area contributed by atoms with Crippen molar-refractivity contribution in [1.29, 1.82) is 0 Å². The minimum absolute atomic E-state index is 0.130. The second kappa shape index (κ2) is 7.04. The Morgan fingerprint density at radius 3 is 2.42 bits per heavy atom. The van der Waals surface area contributed by atoms with Crippen molar-refractivity contribution in [2.75, 3.05) is 11.9 Å². The Morgan fingerprint density at radius 1 is 1.12 bits per heavy atom. The molecule has 126 valence electrons. The van der Waals surface area contributed by atoms with E-state index in [1.807, 2.05) is 31.2 Å². The lowest BCUT2D eigenvalue weighted by atomic mass is 9.77. The molecule has 0 unspecified atom stereocenters. The molecule has 3 rings (SSSR count). The van der Waals surface area contributed by atoms with Gasteiger partial charge in [-0.1, -0.05) is 31.0 Å². The summed E-state index contributed by atoms with van der Waals surface area (Å²) in [7, 11) is 0. The van der Waals surface area contributed by atoms with Crippen molar-refractivity contribution in [3.05, 3.63) is 59.9 Å². The minimum atomic E-state index is -0.774. The van der Waals surface area contributed by atoms with Crippen molar-refractivity contribution in [2.24, 2.45) is 0 Å². The number of rotatable bonds is 5. The van der Waals surface area contributed by atoms with Crippen molar-refractivity contribution in [1.82, 2.24) is 0 Å². The molecule has 1 aliphatic carbocycles. The van der Waals surface area contributed by atoms with E-state index in [-0.39, 0.29) is 11.7 Å². The highest BCUT2D eigenvalue weighted by atomic mass is 19.1. The molecule has 2 aromatic rings. The van der Waals surface area contributed by atoms with Gasteiger partial charge in [-0.2, -0.15) is 0 Å². The molecule has 0 aliphatic heterocycles. The van der Waals surface area contributed by atoms with E-state index in [0.717, 1.165) is 18.6 Å². The highest BCUT2D eigenvalue weighted by Gasteiger charge is 2.44. The van der Waals surface area contributed by atoms with Gasteiger partial charge in [0.25, 0.3) is 0 Å². The Morgan fingerprint density at radius 2 is 1.79 bits per heavy atom. The van der Waals surface area contributed by atoms with Gasteiger partial charge in [-0.05, 0) is 50.1 Å². The van der Waals surface area contributed by atoms with Crippen molar-refractivity contribution < 1.29 is 13.9 Å². The van der Waals surface area contributed by atoms with Crippen LogP contribution in [0.5, 0.6) is 5.75 Å². The molecule has 0 saturated heterocycles. The number of amides is 1. The average molecular weight is 327 g/mol. The molecule has 0 spiro atoms. The van der Waals surface area contributed by atoms with Crippen LogP contribution >= 0.6 is 0 Å². The fraction of sp³-hybridized carbons (Fsp3) is 0.350. The summed E-state index contributed by atoms with van der Waals surface area (Å²) in [6.45, 7) is 2.52. The second-order valence-corrected chi connectivity index (χ2v) is 6.18. The van der Waals surface area contributed by atoms with Crippen LogP contribution in [0.1, 0.15) is 38.2 Å². The molecule has 1 fully saturated rings. The molecular formula is C20H22FNO2. The molecule has 1 aliphatic rings. The van der Waals surface area contributed by atoms with Crippen molar-refractivity contribution in [2.45, 2.75) is 38.0 Å². The van der Waals surface area contributed by atoms with E-state index in [9.17, 15) is 9.18 Å². The summed E-state index contributed by atoms with van der Waals surface area (Å²) >= 11 is 0. The monoisotopic (exact) mass is 327 g/mol. The number of benzene rings is 2. The maximum Gasteiger partial charge on any atom is 0.235 e. The standard InChI is InChI=1S/C20H22FNO2/c1-2-24-16-11-9-15(10-12-16)22-19(23)20(13-5-6-14-20)17-7-3-4-8-18(17)21/h3-4,7-12H,2,5-6,13-14H2,1H3,(H,22,23). The van der Waals surface area contributed by atoms with Gasteiger partial charge in [0.15, 0.2) is 0 Å². The van der Waals surface area contributed by atoms with Gasteiger partial charge in [0, 0.05) is 11.3 Å². The van der Waals surface area contributed by atoms with Gasteiger partial charge in [-0.25, -0.2) is 4.39 Å². The number of halogens is 1. The lowest BCUT2D eigenvalue weighted by Crippen LogP contribution is -2.38. The Kier molecular flexibility index (Phi) is 4.84. The van der Waals surface area contributed by atoms with E-state index in [1.165, 1.54) is 6.07 Å². The number of anilines is 1. The number of carbonyl (C=O) groups excluding carboxylic acids is 1. The van der Waals surface area contributed by atoms with Crippen LogP contribution in [0.25, 0.3) is 0 Å². The first kappa shape index (κ1) is 16.5. The largest absolute Gasteiger partial charge is 0.494 e. The molecule has 0 heterocycles. The first-order valence-corrected chi connectivity index (χ1v) is 8.45. The van der Waals surface area contributed by atoms with Gasteiger partial charge in [-0.3, -0.25) is 4.79 Å². The van der Waals surface area contributed by atoms with Crippen LogP contribution in [0.15, 0.2) is 48.5 Å². The number of carbonyl (C=O) groups is 1. The molecule has 4 heteroatoms. The summed E-state index contributed by atoms with van der Waals surface area (Å²) in [5, 5.41) is 2.96. The van der Waals surface area contributed by atoms with Gasteiger partial charge >= 0.3 is 0 Å². The third kappa shape index (κ3) is 3.14.